The van der Waals surface area contributed by atoms with Crippen molar-refractivity contribution in [2.45, 2.75) is 149 Å². The SMILES string of the molecule is CC[C@H]1[C@H](O[C@@H]2O[C@H](COC(C)=O)[C@@H](OC(C)=O)[C@H](OC(C)=O)[C@H]2OC(C)=O)OC=C(C(=O)OC)[C@H]1C[C@@H]1CCC[C@H](CCCCc2ccc(OC(C)=O)cc2)O1. The summed E-state index contributed by atoms with van der Waals surface area (Å²) in [5, 5.41) is 0. The van der Waals surface area contributed by atoms with Gasteiger partial charge in [0, 0.05) is 46.5 Å². The summed E-state index contributed by atoms with van der Waals surface area (Å²) >= 11 is 0. The molecule has 0 aromatic heterocycles. The smallest absolute Gasteiger partial charge is 0.337 e. The quantitative estimate of drug-likeness (QED) is 0.0900. The van der Waals surface area contributed by atoms with Gasteiger partial charge in [0.2, 0.25) is 12.6 Å². The maximum Gasteiger partial charge on any atom is 0.337 e. The molecule has 0 N–H and O–H groups in total. The van der Waals surface area contributed by atoms with Crippen molar-refractivity contribution in [1.82, 2.24) is 0 Å². The lowest BCUT2D eigenvalue weighted by atomic mass is 9.77. The Kier molecular flexibility index (Phi) is 17.3. The van der Waals surface area contributed by atoms with Gasteiger partial charge in [-0.1, -0.05) is 25.5 Å². The third-order valence-electron chi connectivity index (χ3n) is 10.1. The number of hydrogen-bond acceptors (Lipinski definition) is 16. The first-order valence-electron chi connectivity index (χ1n) is 19.5. The Morgan fingerprint density at radius 1 is 0.737 bits per heavy atom. The van der Waals surface area contributed by atoms with Crippen molar-refractivity contribution in [3.05, 3.63) is 41.7 Å². The molecule has 3 aliphatic rings. The van der Waals surface area contributed by atoms with Crippen LogP contribution in [-0.2, 0) is 77.8 Å². The third kappa shape index (κ3) is 13.5. The molecule has 2 saturated heterocycles. The third-order valence-corrected chi connectivity index (χ3v) is 10.1. The van der Waals surface area contributed by atoms with Crippen molar-refractivity contribution < 1.29 is 76.1 Å². The fourth-order valence-corrected chi connectivity index (χ4v) is 7.65. The van der Waals surface area contributed by atoms with Crippen LogP contribution in [0.3, 0.4) is 0 Å². The van der Waals surface area contributed by atoms with Crippen LogP contribution in [0.5, 0.6) is 5.75 Å². The molecule has 0 radical (unpaired) electrons. The van der Waals surface area contributed by atoms with E-state index in [1.54, 1.807) is 12.1 Å². The van der Waals surface area contributed by atoms with Gasteiger partial charge in [0.1, 0.15) is 18.5 Å². The topological polar surface area (TPSA) is 195 Å². The molecule has 3 heterocycles. The van der Waals surface area contributed by atoms with Crippen LogP contribution in [0, 0.1) is 11.8 Å². The zero-order valence-electron chi connectivity index (χ0n) is 33.8. The summed E-state index contributed by atoms with van der Waals surface area (Å²) in [4.78, 5) is 73.0. The number of methoxy groups -OCH3 is 1. The average molecular weight is 805 g/mol. The highest BCUT2D eigenvalue weighted by Gasteiger charge is 2.54. The molecular formula is C41H56O16. The summed E-state index contributed by atoms with van der Waals surface area (Å²) in [6, 6.07) is 7.51. The monoisotopic (exact) mass is 804 g/mol. The number of carbonyl (C=O) groups excluding carboxylic acids is 6. The fourth-order valence-electron chi connectivity index (χ4n) is 7.65. The second kappa shape index (κ2) is 21.8. The minimum atomic E-state index is -1.47. The van der Waals surface area contributed by atoms with Gasteiger partial charge in [-0.25, -0.2) is 4.79 Å². The molecule has 0 spiro atoms. The lowest BCUT2D eigenvalue weighted by Gasteiger charge is -2.46. The summed E-state index contributed by atoms with van der Waals surface area (Å²) < 4.78 is 57.3. The van der Waals surface area contributed by atoms with Gasteiger partial charge in [-0.05, 0) is 69.1 Å². The van der Waals surface area contributed by atoms with Gasteiger partial charge in [-0.2, -0.15) is 0 Å². The first-order chi connectivity index (χ1) is 27.2. The second-order valence-electron chi connectivity index (χ2n) is 14.5. The molecule has 16 heteroatoms. The van der Waals surface area contributed by atoms with E-state index in [-0.39, 0.29) is 18.2 Å². The number of unbranched alkanes of at least 4 members (excludes halogenated alkanes) is 1. The van der Waals surface area contributed by atoms with Crippen LogP contribution in [0.2, 0.25) is 0 Å². The number of hydrogen-bond donors (Lipinski definition) is 0. The van der Waals surface area contributed by atoms with Crippen molar-refractivity contribution in [2.24, 2.45) is 11.8 Å². The molecule has 2 fully saturated rings. The fraction of sp³-hybridized carbons (Fsp3) is 0.659. The van der Waals surface area contributed by atoms with E-state index in [0.717, 1.165) is 71.3 Å². The highest BCUT2D eigenvalue weighted by Crippen LogP contribution is 2.41. The summed E-state index contributed by atoms with van der Waals surface area (Å²) in [7, 11) is 1.29. The van der Waals surface area contributed by atoms with Gasteiger partial charge in [0.15, 0.2) is 18.3 Å². The normalized spacial score (nSPS) is 28.4. The van der Waals surface area contributed by atoms with Gasteiger partial charge in [-0.15, -0.1) is 0 Å². The standard InChI is InChI=1S/C41H56O16/c1-8-32-33(20-31-15-11-14-29(55-31)13-10-9-12-28-16-18-30(19-17-28)51-24(3)43)34(39(47)48-7)21-50-40(32)57-41-38(54-27(6)46)37(53-26(5)45)36(52-25(4)44)35(56-41)22-49-23(2)42/h16-19,21,29,31-33,35-38,40-41H,8-15,20,22H2,1-7H3/t29-,31-,32+,33-,35+,36+,37-,38+,40-,41-/m0/s1. The van der Waals surface area contributed by atoms with Crippen LogP contribution in [0.25, 0.3) is 0 Å². The van der Waals surface area contributed by atoms with E-state index < -0.39 is 85.3 Å². The van der Waals surface area contributed by atoms with Gasteiger partial charge in [-0.3, -0.25) is 24.0 Å². The molecular weight excluding hydrogens is 748 g/mol. The van der Waals surface area contributed by atoms with E-state index in [4.69, 9.17) is 47.4 Å². The maximum atomic E-state index is 13.1. The van der Waals surface area contributed by atoms with E-state index >= 15 is 0 Å². The van der Waals surface area contributed by atoms with Crippen LogP contribution in [0.15, 0.2) is 36.1 Å². The summed E-state index contributed by atoms with van der Waals surface area (Å²) in [5.74, 6) is -4.24. The predicted molar refractivity (Wildman–Crippen MR) is 198 cm³/mol. The van der Waals surface area contributed by atoms with Crippen LogP contribution in [-0.4, -0.2) is 98.7 Å². The van der Waals surface area contributed by atoms with Gasteiger partial charge >= 0.3 is 35.8 Å². The highest BCUT2D eigenvalue weighted by atomic mass is 16.8. The van der Waals surface area contributed by atoms with E-state index in [2.05, 4.69) is 0 Å². The molecule has 316 valence electrons. The molecule has 0 unspecified atom stereocenters. The number of esters is 6. The van der Waals surface area contributed by atoms with E-state index in [0.29, 0.717) is 24.2 Å². The molecule has 0 saturated carbocycles. The average Bonchev–Trinajstić information content (AvgIpc) is 3.15. The minimum absolute atomic E-state index is 0.0465. The highest BCUT2D eigenvalue weighted by molar-refractivity contribution is 5.88. The number of benzene rings is 1. The molecule has 0 bridgehead atoms. The molecule has 0 amide bonds. The van der Waals surface area contributed by atoms with Crippen molar-refractivity contribution >= 4 is 35.8 Å². The molecule has 57 heavy (non-hydrogen) atoms. The predicted octanol–water partition coefficient (Wildman–Crippen LogP) is 4.81. The zero-order chi connectivity index (χ0) is 41.6. The second-order valence-corrected chi connectivity index (χ2v) is 14.5. The van der Waals surface area contributed by atoms with Crippen LogP contribution in [0.1, 0.15) is 98.5 Å². The first-order valence-corrected chi connectivity index (χ1v) is 19.5. The Morgan fingerprint density at radius 3 is 2.00 bits per heavy atom. The number of rotatable bonds is 17. The molecule has 1 aromatic carbocycles. The van der Waals surface area contributed by atoms with E-state index in [1.165, 1.54) is 27.2 Å². The lowest BCUT2D eigenvalue weighted by Crippen LogP contribution is -2.63. The van der Waals surface area contributed by atoms with Gasteiger partial charge < -0.3 is 47.4 Å². The molecule has 10 atom stereocenters. The van der Waals surface area contributed by atoms with Gasteiger partial charge in [0.25, 0.3) is 0 Å². The van der Waals surface area contributed by atoms with Crippen molar-refractivity contribution in [1.29, 1.82) is 0 Å². The first kappa shape index (κ1) is 45.2. The van der Waals surface area contributed by atoms with Crippen LogP contribution in [0.4, 0.5) is 0 Å². The lowest BCUT2D eigenvalue weighted by molar-refractivity contribution is -0.344. The maximum absolute atomic E-state index is 13.1. The molecule has 4 rings (SSSR count). The summed E-state index contributed by atoms with van der Waals surface area (Å²) in [5.41, 5.74) is 1.47. The van der Waals surface area contributed by atoms with Crippen LogP contribution >= 0.6 is 0 Å². The summed E-state index contributed by atoms with van der Waals surface area (Å²) in [6.45, 7) is 7.47. The Hall–Kier alpha value is -4.54. The molecule has 16 nitrogen and oxygen atoms in total. The van der Waals surface area contributed by atoms with Crippen molar-refractivity contribution in [2.75, 3.05) is 13.7 Å². The molecule has 0 aliphatic carbocycles. The van der Waals surface area contributed by atoms with Crippen molar-refractivity contribution in [3.8, 4) is 5.75 Å². The number of aryl methyl sites for hydroxylation is 1. The Bertz CT molecular complexity index is 1570. The van der Waals surface area contributed by atoms with E-state index in [9.17, 15) is 28.8 Å². The Balaban J connectivity index is 1.49. The van der Waals surface area contributed by atoms with E-state index in [1.807, 2.05) is 19.1 Å². The molecule has 3 aliphatic heterocycles. The number of ether oxygens (including phenoxy) is 10. The Morgan fingerprint density at radius 2 is 1.39 bits per heavy atom. The zero-order valence-corrected chi connectivity index (χ0v) is 33.8. The largest absolute Gasteiger partial charge is 0.472 e. The number of carbonyl (C=O) groups is 6. The van der Waals surface area contributed by atoms with Crippen molar-refractivity contribution in [3.63, 3.8) is 0 Å². The summed E-state index contributed by atoms with van der Waals surface area (Å²) in [6.07, 6.45) is 0.480. The molecule has 1 aromatic rings. The Labute approximate surface area is 333 Å². The van der Waals surface area contributed by atoms with Gasteiger partial charge in [0.05, 0.1) is 31.2 Å². The minimum Gasteiger partial charge on any atom is -0.472 e. The van der Waals surface area contributed by atoms with Crippen LogP contribution < -0.4 is 4.74 Å².